The largest absolute Gasteiger partial charge is 0.478 e. The van der Waals surface area contributed by atoms with E-state index in [0.29, 0.717) is 18.2 Å². The average Bonchev–Trinajstić information content (AvgIpc) is 2.78. The van der Waals surface area contributed by atoms with Crippen LogP contribution in [0, 0.1) is 6.92 Å². The van der Waals surface area contributed by atoms with Crippen LogP contribution >= 0.6 is 12.4 Å². The maximum absolute atomic E-state index is 11.1. The van der Waals surface area contributed by atoms with Crippen LogP contribution in [-0.4, -0.2) is 20.9 Å². The van der Waals surface area contributed by atoms with E-state index in [1.54, 1.807) is 12.1 Å². The first-order valence-electron chi connectivity index (χ1n) is 6.60. The number of carboxylic acid groups (broad SMARTS) is 1. The van der Waals surface area contributed by atoms with E-state index in [2.05, 4.69) is 24.3 Å². The third-order valence-corrected chi connectivity index (χ3v) is 3.14. The van der Waals surface area contributed by atoms with Crippen LogP contribution in [0.15, 0.2) is 30.5 Å². The van der Waals surface area contributed by atoms with Crippen LogP contribution < -0.4 is 5.32 Å². The molecule has 0 saturated heterocycles. The SMILES string of the molecule is Cc1cn(C(C)C)nc1NCc1ccccc1C(=O)O.Cl. The van der Waals surface area contributed by atoms with Crippen molar-refractivity contribution < 1.29 is 9.90 Å². The highest BCUT2D eigenvalue weighted by atomic mass is 35.5. The number of carbonyl (C=O) groups is 1. The smallest absolute Gasteiger partial charge is 0.336 e. The molecule has 1 aromatic heterocycles. The van der Waals surface area contributed by atoms with Gasteiger partial charge in [-0.2, -0.15) is 5.10 Å². The molecule has 2 aromatic rings. The van der Waals surface area contributed by atoms with E-state index >= 15 is 0 Å². The molecule has 0 unspecified atom stereocenters. The minimum absolute atomic E-state index is 0. The zero-order valence-corrected chi connectivity index (χ0v) is 13.1. The van der Waals surface area contributed by atoms with Gasteiger partial charge in [0, 0.05) is 24.3 Å². The molecule has 0 aliphatic rings. The lowest BCUT2D eigenvalue weighted by Crippen LogP contribution is -2.08. The number of benzene rings is 1. The third kappa shape index (κ3) is 3.98. The zero-order valence-electron chi connectivity index (χ0n) is 12.3. The maximum Gasteiger partial charge on any atom is 0.336 e. The molecule has 1 aromatic carbocycles. The fourth-order valence-corrected chi connectivity index (χ4v) is 1.98. The van der Waals surface area contributed by atoms with Gasteiger partial charge in [0.2, 0.25) is 0 Å². The van der Waals surface area contributed by atoms with Crippen molar-refractivity contribution in [2.45, 2.75) is 33.4 Å². The van der Waals surface area contributed by atoms with Gasteiger partial charge in [-0.1, -0.05) is 18.2 Å². The predicted octanol–water partition coefficient (Wildman–Crippen LogP) is 3.50. The van der Waals surface area contributed by atoms with Crippen LogP contribution in [0.5, 0.6) is 0 Å². The first kappa shape index (κ1) is 17.0. The van der Waals surface area contributed by atoms with E-state index in [1.165, 1.54) is 0 Å². The van der Waals surface area contributed by atoms with Gasteiger partial charge in [-0.05, 0) is 32.4 Å². The van der Waals surface area contributed by atoms with E-state index < -0.39 is 5.97 Å². The fraction of sp³-hybridized carbons (Fsp3) is 0.333. The van der Waals surface area contributed by atoms with Crippen LogP contribution in [0.1, 0.15) is 41.4 Å². The normalized spacial score (nSPS) is 10.3. The summed E-state index contributed by atoms with van der Waals surface area (Å²) in [6, 6.07) is 7.29. The quantitative estimate of drug-likeness (QED) is 0.887. The molecular weight excluding hydrogens is 290 g/mol. The summed E-state index contributed by atoms with van der Waals surface area (Å²) in [6.45, 7) is 6.56. The van der Waals surface area contributed by atoms with Gasteiger partial charge in [0.25, 0.3) is 0 Å². The highest BCUT2D eigenvalue weighted by molar-refractivity contribution is 5.89. The summed E-state index contributed by atoms with van der Waals surface area (Å²) in [6.07, 6.45) is 1.98. The Morgan fingerprint density at radius 2 is 2.05 bits per heavy atom. The summed E-state index contributed by atoms with van der Waals surface area (Å²) >= 11 is 0. The van der Waals surface area contributed by atoms with Gasteiger partial charge in [-0.3, -0.25) is 4.68 Å². The first-order chi connectivity index (χ1) is 9.49. The Kier molecular flexibility index (Phi) is 5.79. The number of hydrogen-bond donors (Lipinski definition) is 2. The molecule has 2 rings (SSSR count). The molecule has 0 radical (unpaired) electrons. The second-order valence-electron chi connectivity index (χ2n) is 5.05. The Morgan fingerprint density at radius 3 is 2.62 bits per heavy atom. The Labute approximate surface area is 130 Å². The molecule has 0 amide bonds. The molecule has 0 saturated carbocycles. The van der Waals surface area contributed by atoms with E-state index in [4.69, 9.17) is 5.11 Å². The van der Waals surface area contributed by atoms with E-state index in [0.717, 1.165) is 16.9 Å². The molecule has 5 nitrogen and oxygen atoms in total. The number of carboxylic acids is 1. The second-order valence-corrected chi connectivity index (χ2v) is 5.05. The van der Waals surface area contributed by atoms with Crippen LogP contribution in [0.25, 0.3) is 0 Å². The second kappa shape index (κ2) is 7.13. The molecule has 0 atom stereocenters. The number of aromatic carboxylic acids is 1. The van der Waals surface area contributed by atoms with Gasteiger partial charge in [-0.25, -0.2) is 4.79 Å². The topological polar surface area (TPSA) is 67.2 Å². The molecule has 2 N–H and O–H groups in total. The number of rotatable bonds is 5. The monoisotopic (exact) mass is 309 g/mol. The number of aromatic nitrogens is 2. The molecule has 21 heavy (non-hydrogen) atoms. The number of hydrogen-bond acceptors (Lipinski definition) is 3. The van der Waals surface area contributed by atoms with E-state index in [-0.39, 0.29) is 12.4 Å². The van der Waals surface area contributed by atoms with Gasteiger partial charge >= 0.3 is 5.97 Å². The first-order valence-corrected chi connectivity index (χ1v) is 6.60. The Hall–Kier alpha value is -2.01. The minimum Gasteiger partial charge on any atom is -0.478 e. The van der Waals surface area contributed by atoms with E-state index in [1.807, 2.05) is 29.9 Å². The number of nitrogens with one attached hydrogen (secondary N) is 1. The van der Waals surface area contributed by atoms with Crippen molar-refractivity contribution in [1.29, 1.82) is 0 Å². The van der Waals surface area contributed by atoms with Crippen molar-refractivity contribution in [1.82, 2.24) is 9.78 Å². The predicted molar refractivity (Wildman–Crippen MR) is 85.3 cm³/mol. The van der Waals surface area contributed by atoms with Gasteiger partial charge in [0.05, 0.1) is 5.56 Å². The standard InChI is InChI=1S/C15H19N3O2.ClH/c1-10(2)18-9-11(3)14(17-18)16-8-12-6-4-5-7-13(12)15(19)20;/h4-7,9-10H,8H2,1-3H3,(H,16,17)(H,19,20);1H. The summed E-state index contributed by atoms with van der Waals surface area (Å²) in [5, 5.41) is 16.8. The lowest BCUT2D eigenvalue weighted by Gasteiger charge is -2.08. The maximum atomic E-state index is 11.1. The summed E-state index contributed by atoms with van der Waals surface area (Å²) < 4.78 is 1.89. The summed E-state index contributed by atoms with van der Waals surface area (Å²) in [4.78, 5) is 11.1. The fourth-order valence-electron chi connectivity index (χ4n) is 1.98. The van der Waals surface area contributed by atoms with Crippen molar-refractivity contribution in [3.05, 3.63) is 47.2 Å². The van der Waals surface area contributed by atoms with Crippen molar-refractivity contribution in [2.75, 3.05) is 5.32 Å². The van der Waals surface area contributed by atoms with Gasteiger partial charge < -0.3 is 10.4 Å². The van der Waals surface area contributed by atoms with Crippen molar-refractivity contribution in [3.8, 4) is 0 Å². The van der Waals surface area contributed by atoms with Gasteiger partial charge in [-0.15, -0.1) is 12.4 Å². The average molecular weight is 310 g/mol. The lowest BCUT2D eigenvalue weighted by atomic mass is 10.1. The molecular formula is C15H20ClN3O2. The van der Waals surface area contributed by atoms with Crippen LogP contribution in [0.4, 0.5) is 5.82 Å². The molecule has 0 spiro atoms. The van der Waals surface area contributed by atoms with Crippen molar-refractivity contribution >= 4 is 24.2 Å². The molecule has 0 bridgehead atoms. The number of aryl methyl sites for hydroxylation is 1. The minimum atomic E-state index is -0.910. The molecule has 1 heterocycles. The van der Waals surface area contributed by atoms with Crippen molar-refractivity contribution in [3.63, 3.8) is 0 Å². The Morgan fingerprint density at radius 1 is 1.38 bits per heavy atom. The Balaban J connectivity index is 0.00000220. The van der Waals surface area contributed by atoms with Crippen LogP contribution in [-0.2, 0) is 6.54 Å². The number of halogens is 1. The molecule has 0 fully saturated rings. The highest BCUT2D eigenvalue weighted by Gasteiger charge is 2.11. The van der Waals surface area contributed by atoms with E-state index in [9.17, 15) is 4.79 Å². The summed E-state index contributed by atoms with van der Waals surface area (Å²) in [7, 11) is 0. The third-order valence-electron chi connectivity index (χ3n) is 3.14. The van der Waals surface area contributed by atoms with Crippen LogP contribution in [0.3, 0.4) is 0 Å². The molecule has 6 heteroatoms. The number of anilines is 1. The van der Waals surface area contributed by atoms with Gasteiger partial charge in [0.1, 0.15) is 0 Å². The molecule has 0 aliphatic heterocycles. The summed E-state index contributed by atoms with van der Waals surface area (Å²) in [5.41, 5.74) is 2.12. The van der Waals surface area contributed by atoms with Gasteiger partial charge in [0.15, 0.2) is 5.82 Å². The molecule has 114 valence electrons. The van der Waals surface area contributed by atoms with Crippen LogP contribution in [0.2, 0.25) is 0 Å². The zero-order chi connectivity index (χ0) is 14.7. The number of nitrogens with zero attached hydrogens (tertiary/aromatic N) is 2. The van der Waals surface area contributed by atoms with Crippen molar-refractivity contribution in [2.24, 2.45) is 0 Å². The molecule has 0 aliphatic carbocycles. The Bertz CT molecular complexity index is 623. The highest BCUT2D eigenvalue weighted by Crippen LogP contribution is 2.17. The summed E-state index contributed by atoms with van der Waals surface area (Å²) in [5.74, 6) is -0.120. The lowest BCUT2D eigenvalue weighted by molar-refractivity contribution is 0.0696.